The number of aromatic nitrogens is 2. The Kier molecular flexibility index (Phi) is 3.91. The van der Waals surface area contributed by atoms with Crippen LogP contribution in [0.4, 0.5) is 8.78 Å². The zero-order chi connectivity index (χ0) is 17.5. The molecule has 1 atom stereocenters. The van der Waals surface area contributed by atoms with E-state index in [1.165, 1.54) is 31.8 Å². The molecule has 0 aliphatic carbocycles. The minimum Gasteiger partial charge on any atom is -0.348 e. The molecule has 0 radical (unpaired) electrons. The molecule has 2 N–H and O–H groups in total. The van der Waals surface area contributed by atoms with Crippen molar-refractivity contribution in [1.82, 2.24) is 19.6 Å². The number of hydrogen-bond acceptors (Lipinski definition) is 5. The van der Waals surface area contributed by atoms with Gasteiger partial charge < -0.3 is 5.32 Å². The van der Waals surface area contributed by atoms with Crippen LogP contribution in [-0.2, 0) is 10.0 Å². The van der Waals surface area contributed by atoms with E-state index >= 15 is 0 Å². The zero-order valence-corrected chi connectivity index (χ0v) is 13.3. The molecule has 126 valence electrons. The van der Waals surface area contributed by atoms with Gasteiger partial charge >= 0.3 is 0 Å². The second-order valence-corrected chi connectivity index (χ2v) is 7.32. The third-order valence-electron chi connectivity index (χ3n) is 3.75. The summed E-state index contributed by atoms with van der Waals surface area (Å²) in [4.78, 5) is 7.58. The molecule has 2 heterocycles. The van der Waals surface area contributed by atoms with E-state index in [4.69, 9.17) is 5.41 Å². The molecule has 1 aromatic carbocycles. The topological polar surface area (TPSA) is 99.0 Å². The Morgan fingerprint density at radius 2 is 1.92 bits per heavy atom. The second-order valence-electron chi connectivity index (χ2n) is 5.27. The first-order chi connectivity index (χ1) is 11.3. The Bertz CT molecular complexity index is 905. The summed E-state index contributed by atoms with van der Waals surface area (Å²) in [7, 11) is -2.52. The molecule has 0 unspecified atom stereocenters. The minimum absolute atomic E-state index is 0.0447. The molecule has 0 spiro atoms. The van der Waals surface area contributed by atoms with E-state index in [9.17, 15) is 17.2 Å². The molecule has 0 bridgehead atoms. The molecule has 1 fully saturated rings. The monoisotopic (exact) mass is 353 g/mol. The fourth-order valence-electron chi connectivity index (χ4n) is 2.42. The van der Waals surface area contributed by atoms with Crippen molar-refractivity contribution < 1.29 is 17.2 Å². The quantitative estimate of drug-likeness (QED) is 0.847. The van der Waals surface area contributed by atoms with Crippen LogP contribution in [0.1, 0.15) is 11.6 Å². The number of guanidine groups is 1. The average Bonchev–Trinajstić information content (AvgIpc) is 2.53. The second kappa shape index (κ2) is 5.78. The van der Waals surface area contributed by atoms with Gasteiger partial charge in [-0.3, -0.25) is 5.41 Å². The Labute approximate surface area is 136 Å². The number of halogens is 2. The highest BCUT2D eigenvalue weighted by Crippen LogP contribution is 2.30. The summed E-state index contributed by atoms with van der Waals surface area (Å²) in [5, 5.41) is 10.3. The molecule has 0 amide bonds. The Morgan fingerprint density at radius 3 is 2.54 bits per heavy atom. The first-order valence-corrected chi connectivity index (χ1v) is 8.46. The normalized spacial score (nSPS) is 19.9. The summed E-state index contributed by atoms with van der Waals surface area (Å²) in [5.41, 5.74) is 0.343. The summed E-state index contributed by atoms with van der Waals surface area (Å²) >= 11 is 0. The van der Waals surface area contributed by atoms with Gasteiger partial charge in [0.15, 0.2) is 0 Å². The van der Waals surface area contributed by atoms with E-state index in [-0.39, 0.29) is 17.1 Å². The first kappa shape index (κ1) is 16.2. The highest BCUT2D eigenvalue weighted by Gasteiger charge is 2.34. The highest BCUT2D eigenvalue weighted by atomic mass is 32.2. The standard InChI is InChI=1S/C14H13F2N5O2S/c1-21-14(17)20-13(6-24(21,22)23)10-2-9(11(15)3-12(10)16)8-4-18-7-19-5-8/h2-5,7,13H,6H2,1H3,(H2,17,20)/t13-/m0/s1. The van der Waals surface area contributed by atoms with E-state index in [2.05, 4.69) is 15.3 Å². The fraction of sp³-hybridized carbons (Fsp3) is 0.214. The maximum Gasteiger partial charge on any atom is 0.239 e. The van der Waals surface area contributed by atoms with Gasteiger partial charge in [0.2, 0.25) is 16.0 Å². The highest BCUT2D eigenvalue weighted by molar-refractivity contribution is 7.89. The number of sulfonamides is 1. The molecular weight excluding hydrogens is 340 g/mol. The molecule has 2 aromatic rings. The Balaban J connectivity index is 2.07. The maximum atomic E-state index is 14.2. The van der Waals surface area contributed by atoms with Gasteiger partial charge in [0.05, 0.1) is 11.8 Å². The van der Waals surface area contributed by atoms with Crippen molar-refractivity contribution in [3.63, 3.8) is 0 Å². The summed E-state index contributed by atoms with van der Waals surface area (Å²) in [6.07, 6.45) is 4.01. The van der Waals surface area contributed by atoms with Crippen LogP contribution in [0.3, 0.4) is 0 Å². The van der Waals surface area contributed by atoms with Crippen molar-refractivity contribution in [3.8, 4) is 11.1 Å². The minimum atomic E-state index is -3.75. The van der Waals surface area contributed by atoms with Gasteiger partial charge in [-0.05, 0) is 6.07 Å². The van der Waals surface area contributed by atoms with Crippen LogP contribution in [0.5, 0.6) is 0 Å². The van der Waals surface area contributed by atoms with E-state index in [0.717, 1.165) is 4.31 Å². The number of nitrogens with one attached hydrogen (secondary N) is 2. The van der Waals surface area contributed by atoms with Crippen LogP contribution in [0.2, 0.25) is 0 Å². The summed E-state index contributed by atoms with van der Waals surface area (Å²) in [5.74, 6) is -2.52. The van der Waals surface area contributed by atoms with Crippen LogP contribution >= 0.6 is 0 Å². The lowest BCUT2D eigenvalue weighted by molar-refractivity contribution is 0.494. The summed E-state index contributed by atoms with van der Waals surface area (Å²) in [6.45, 7) is 0. The lowest BCUT2D eigenvalue weighted by Gasteiger charge is -2.32. The number of nitrogens with zero attached hydrogens (tertiary/aromatic N) is 3. The molecule has 24 heavy (non-hydrogen) atoms. The van der Waals surface area contributed by atoms with Gasteiger partial charge in [-0.15, -0.1) is 0 Å². The molecular formula is C14H13F2N5O2S. The third kappa shape index (κ3) is 2.80. The molecule has 0 saturated carbocycles. The first-order valence-electron chi connectivity index (χ1n) is 6.85. The number of rotatable bonds is 2. The molecule has 1 aliphatic rings. The summed E-state index contributed by atoms with van der Waals surface area (Å²) < 4.78 is 53.2. The predicted octanol–water partition coefficient (Wildman–Crippen LogP) is 1.26. The molecule has 7 nitrogen and oxygen atoms in total. The molecule has 3 rings (SSSR count). The molecule has 1 saturated heterocycles. The van der Waals surface area contributed by atoms with E-state index < -0.39 is 33.5 Å². The van der Waals surface area contributed by atoms with Crippen molar-refractivity contribution in [2.45, 2.75) is 6.04 Å². The van der Waals surface area contributed by atoms with Crippen molar-refractivity contribution in [2.24, 2.45) is 0 Å². The largest absolute Gasteiger partial charge is 0.348 e. The van der Waals surface area contributed by atoms with Crippen LogP contribution in [0.25, 0.3) is 11.1 Å². The molecule has 1 aromatic heterocycles. The van der Waals surface area contributed by atoms with E-state index in [0.29, 0.717) is 11.6 Å². The van der Waals surface area contributed by atoms with Crippen molar-refractivity contribution >= 4 is 16.0 Å². The van der Waals surface area contributed by atoms with Crippen LogP contribution in [-0.4, -0.2) is 41.5 Å². The summed E-state index contributed by atoms with van der Waals surface area (Å²) in [6, 6.07) is 0.908. The van der Waals surface area contributed by atoms with Gasteiger partial charge in [0.1, 0.15) is 18.0 Å². The van der Waals surface area contributed by atoms with Crippen LogP contribution < -0.4 is 5.32 Å². The van der Waals surface area contributed by atoms with E-state index in [1.54, 1.807) is 0 Å². The van der Waals surface area contributed by atoms with Gasteiger partial charge in [-0.2, -0.15) is 0 Å². The van der Waals surface area contributed by atoms with Gasteiger partial charge in [-0.1, -0.05) is 0 Å². The Hall–Kier alpha value is -2.62. The fourth-order valence-corrected chi connectivity index (χ4v) is 3.66. The molecule has 10 heteroatoms. The third-order valence-corrected chi connectivity index (χ3v) is 5.53. The smallest absolute Gasteiger partial charge is 0.239 e. The van der Waals surface area contributed by atoms with Gasteiger partial charge in [0.25, 0.3) is 0 Å². The predicted molar refractivity (Wildman–Crippen MR) is 82.5 cm³/mol. The lowest BCUT2D eigenvalue weighted by Crippen LogP contribution is -2.52. The lowest BCUT2D eigenvalue weighted by atomic mass is 10.0. The number of benzene rings is 1. The van der Waals surface area contributed by atoms with Gasteiger partial charge in [0, 0.05) is 42.2 Å². The van der Waals surface area contributed by atoms with Crippen molar-refractivity contribution in [2.75, 3.05) is 12.8 Å². The maximum absolute atomic E-state index is 14.2. The van der Waals surface area contributed by atoms with Crippen molar-refractivity contribution in [3.05, 3.63) is 48.1 Å². The van der Waals surface area contributed by atoms with Gasteiger partial charge in [-0.25, -0.2) is 31.5 Å². The van der Waals surface area contributed by atoms with Crippen LogP contribution in [0.15, 0.2) is 30.9 Å². The van der Waals surface area contributed by atoms with Crippen molar-refractivity contribution in [1.29, 1.82) is 5.41 Å². The Morgan fingerprint density at radius 1 is 1.25 bits per heavy atom. The molecule has 1 aliphatic heterocycles. The van der Waals surface area contributed by atoms with E-state index in [1.807, 2.05) is 0 Å². The SMILES string of the molecule is CN1C(=N)N[C@H](c2cc(-c3cncnc3)c(F)cc2F)CS1(=O)=O. The number of hydrogen-bond donors (Lipinski definition) is 2. The zero-order valence-electron chi connectivity index (χ0n) is 12.5. The average molecular weight is 353 g/mol. The van der Waals surface area contributed by atoms with Crippen LogP contribution in [0, 0.1) is 17.0 Å².